The van der Waals surface area contributed by atoms with Gasteiger partial charge in [0.2, 0.25) is 0 Å². The fourth-order valence-electron chi connectivity index (χ4n) is 3.25. The van der Waals surface area contributed by atoms with Crippen LogP contribution in [0.3, 0.4) is 0 Å². The number of likely N-dealkylation sites (tertiary alicyclic amines) is 1. The minimum absolute atomic E-state index is 0.655. The van der Waals surface area contributed by atoms with Gasteiger partial charge in [0, 0.05) is 44.8 Å². The third kappa shape index (κ3) is 3.26. The molecule has 3 atom stereocenters. The van der Waals surface area contributed by atoms with Gasteiger partial charge in [-0.05, 0) is 25.7 Å². The highest BCUT2D eigenvalue weighted by molar-refractivity contribution is 5.81. The summed E-state index contributed by atoms with van der Waals surface area (Å²) in [7, 11) is 0. The average Bonchev–Trinajstić information content (AvgIpc) is 2.98. The Morgan fingerprint density at radius 1 is 1.30 bits per heavy atom. The van der Waals surface area contributed by atoms with Gasteiger partial charge in [-0.2, -0.15) is 0 Å². The van der Waals surface area contributed by atoms with Crippen LogP contribution in [0.15, 0.2) is 4.99 Å². The van der Waals surface area contributed by atoms with Crippen molar-refractivity contribution in [3.05, 3.63) is 0 Å². The van der Waals surface area contributed by atoms with E-state index in [-0.39, 0.29) is 0 Å². The molecule has 0 bridgehead atoms. The fourth-order valence-corrected chi connectivity index (χ4v) is 3.25. The molecule has 0 aromatic carbocycles. The highest BCUT2D eigenvalue weighted by atomic mass is 16.5. The van der Waals surface area contributed by atoms with Crippen LogP contribution in [-0.4, -0.2) is 73.8 Å². The highest BCUT2D eigenvalue weighted by Gasteiger charge is 2.36. The molecule has 20 heavy (non-hydrogen) atoms. The number of rotatable bonds is 3. The summed E-state index contributed by atoms with van der Waals surface area (Å²) in [4.78, 5) is 9.73. The zero-order valence-corrected chi connectivity index (χ0v) is 12.8. The fraction of sp³-hybridized carbons (Fsp3) is 0.933. The van der Waals surface area contributed by atoms with E-state index in [9.17, 15) is 0 Å². The van der Waals surface area contributed by atoms with Crippen molar-refractivity contribution >= 4 is 5.96 Å². The third-order valence-corrected chi connectivity index (χ3v) is 4.76. The number of aliphatic imine (C=N–C) groups is 1. The summed E-state index contributed by atoms with van der Waals surface area (Å²) in [6.45, 7) is 11.5. The van der Waals surface area contributed by atoms with Crippen molar-refractivity contribution < 1.29 is 4.74 Å². The molecule has 2 heterocycles. The molecule has 0 radical (unpaired) electrons. The maximum absolute atomic E-state index is 5.45. The van der Waals surface area contributed by atoms with Gasteiger partial charge in [0.15, 0.2) is 5.96 Å². The van der Waals surface area contributed by atoms with Crippen LogP contribution in [0.5, 0.6) is 0 Å². The lowest BCUT2D eigenvalue weighted by molar-refractivity contribution is 0.0195. The molecule has 1 saturated carbocycles. The van der Waals surface area contributed by atoms with E-state index in [0.29, 0.717) is 12.1 Å². The van der Waals surface area contributed by atoms with Crippen molar-refractivity contribution in [2.45, 2.75) is 38.8 Å². The Morgan fingerprint density at radius 3 is 2.70 bits per heavy atom. The number of nitrogens with zero attached hydrogens (tertiary/aromatic N) is 3. The molecule has 2 aliphatic heterocycles. The van der Waals surface area contributed by atoms with Gasteiger partial charge in [-0.3, -0.25) is 9.89 Å². The summed E-state index contributed by atoms with van der Waals surface area (Å²) in [6.07, 6.45) is 2.55. The summed E-state index contributed by atoms with van der Waals surface area (Å²) in [5, 5.41) is 3.64. The van der Waals surface area contributed by atoms with Crippen molar-refractivity contribution in [2.75, 3.05) is 45.9 Å². The summed E-state index contributed by atoms with van der Waals surface area (Å²) in [6, 6.07) is 1.34. The van der Waals surface area contributed by atoms with Crippen LogP contribution in [0.1, 0.15) is 26.7 Å². The van der Waals surface area contributed by atoms with Crippen LogP contribution in [0.2, 0.25) is 0 Å². The molecule has 5 heteroatoms. The molecule has 0 aromatic rings. The largest absolute Gasteiger partial charge is 0.379 e. The normalized spacial score (nSPS) is 35.4. The molecule has 114 valence electrons. The second-order valence-electron chi connectivity index (χ2n) is 6.30. The molecule has 3 aliphatic rings. The first-order valence-electron chi connectivity index (χ1n) is 8.15. The molecule has 1 aliphatic carbocycles. The second kappa shape index (κ2) is 6.31. The first kappa shape index (κ1) is 14.1. The molecular formula is C15H28N4O. The molecule has 5 nitrogen and oxygen atoms in total. The molecule has 3 fully saturated rings. The standard InChI is InChI=1S/C15H28N4O/c1-3-16-15(17-14-10-12(14)2)19-5-4-13(11-19)18-6-8-20-9-7-18/h12-14H,3-11H2,1-2H3,(H,16,17). The molecular weight excluding hydrogens is 252 g/mol. The van der Waals surface area contributed by atoms with Gasteiger partial charge >= 0.3 is 0 Å². The number of guanidine groups is 1. The molecule has 3 unspecified atom stereocenters. The predicted molar refractivity (Wildman–Crippen MR) is 81.1 cm³/mol. The zero-order chi connectivity index (χ0) is 13.9. The Balaban J connectivity index is 1.55. The SMILES string of the molecule is CCN=C(NC1CC1C)N1CCC(N2CCOCC2)C1. The lowest BCUT2D eigenvalue weighted by atomic mass is 10.2. The molecule has 0 amide bonds. The van der Waals surface area contributed by atoms with Crippen molar-refractivity contribution in [1.82, 2.24) is 15.1 Å². The molecule has 3 rings (SSSR count). The number of morpholine rings is 1. The maximum atomic E-state index is 5.45. The summed E-state index contributed by atoms with van der Waals surface area (Å²) in [5.74, 6) is 1.95. The molecule has 1 N–H and O–H groups in total. The second-order valence-corrected chi connectivity index (χ2v) is 6.30. The van der Waals surface area contributed by atoms with Gasteiger partial charge < -0.3 is 15.0 Å². The van der Waals surface area contributed by atoms with Gasteiger partial charge in [-0.25, -0.2) is 0 Å². The van der Waals surface area contributed by atoms with Gasteiger partial charge in [-0.15, -0.1) is 0 Å². The van der Waals surface area contributed by atoms with E-state index in [0.717, 1.165) is 57.8 Å². The van der Waals surface area contributed by atoms with E-state index >= 15 is 0 Å². The lowest BCUT2D eigenvalue weighted by Crippen LogP contribution is -2.47. The van der Waals surface area contributed by atoms with Crippen molar-refractivity contribution in [3.63, 3.8) is 0 Å². The maximum Gasteiger partial charge on any atom is 0.194 e. The van der Waals surface area contributed by atoms with Crippen molar-refractivity contribution in [1.29, 1.82) is 0 Å². The summed E-state index contributed by atoms with van der Waals surface area (Å²) < 4.78 is 5.45. The smallest absolute Gasteiger partial charge is 0.194 e. The van der Waals surface area contributed by atoms with Gasteiger partial charge in [0.25, 0.3) is 0 Å². The Morgan fingerprint density at radius 2 is 2.05 bits per heavy atom. The van der Waals surface area contributed by atoms with Crippen molar-refractivity contribution in [3.8, 4) is 0 Å². The molecule has 2 saturated heterocycles. The van der Waals surface area contributed by atoms with Crippen molar-refractivity contribution in [2.24, 2.45) is 10.9 Å². The van der Waals surface area contributed by atoms with Crippen LogP contribution >= 0.6 is 0 Å². The van der Waals surface area contributed by atoms with Crippen LogP contribution in [0.4, 0.5) is 0 Å². The minimum Gasteiger partial charge on any atom is -0.379 e. The van der Waals surface area contributed by atoms with Crippen LogP contribution < -0.4 is 5.32 Å². The predicted octanol–water partition coefficient (Wildman–Crippen LogP) is 0.767. The zero-order valence-electron chi connectivity index (χ0n) is 12.8. The highest BCUT2D eigenvalue weighted by Crippen LogP contribution is 2.29. The topological polar surface area (TPSA) is 40.1 Å². The van der Waals surface area contributed by atoms with E-state index in [1.165, 1.54) is 12.8 Å². The summed E-state index contributed by atoms with van der Waals surface area (Å²) in [5.41, 5.74) is 0. The Labute approximate surface area is 122 Å². The first-order chi connectivity index (χ1) is 9.78. The van der Waals surface area contributed by atoms with E-state index in [2.05, 4.69) is 34.0 Å². The van der Waals surface area contributed by atoms with Gasteiger partial charge in [-0.1, -0.05) is 6.92 Å². The quantitative estimate of drug-likeness (QED) is 0.612. The minimum atomic E-state index is 0.655. The summed E-state index contributed by atoms with van der Waals surface area (Å²) >= 11 is 0. The Kier molecular flexibility index (Phi) is 4.46. The lowest BCUT2D eigenvalue weighted by Gasteiger charge is -2.32. The third-order valence-electron chi connectivity index (χ3n) is 4.76. The van der Waals surface area contributed by atoms with E-state index in [1.54, 1.807) is 0 Å². The Hall–Kier alpha value is -0.810. The average molecular weight is 280 g/mol. The van der Waals surface area contributed by atoms with E-state index in [1.807, 2.05) is 0 Å². The van der Waals surface area contributed by atoms with Gasteiger partial charge in [0.05, 0.1) is 13.2 Å². The monoisotopic (exact) mass is 280 g/mol. The van der Waals surface area contributed by atoms with Crippen LogP contribution in [0, 0.1) is 5.92 Å². The number of ether oxygens (including phenoxy) is 1. The number of hydrogen-bond donors (Lipinski definition) is 1. The molecule has 0 spiro atoms. The number of nitrogens with one attached hydrogen (secondary N) is 1. The van der Waals surface area contributed by atoms with E-state index < -0.39 is 0 Å². The van der Waals surface area contributed by atoms with Gasteiger partial charge in [0.1, 0.15) is 0 Å². The molecule has 0 aromatic heterocycles. The number of hydrogen-bond acceptors (Lipinski definition) is 3. The first-order valence-corrected chi connectivity index (χ1v) is 8.15. The Bertz CT molecular complexity index is 354. The van der Waals surface area contributed by atoms with E-state index in [4.69, 9.17) is 4.74 Å². The van der Waals surface area contributed by atoms with Crippen LogP contribution in [0.25, 0.3) is 0 Å². The van der Waals surface area contributed by atoms with Crippen LogP contribution in [-0.2, 0) is 4.74 Å².